The molecule has 2 heterocycles. The smallest absolute Gasteiger partial charge is 0.366 e. The number of benzene rings is 3. The first-order chi connectivity index (χ1) is 17.7. The van der Waals surface area contributed by atoms with Gasteiger partial charge in [-0.15, -0.1) is 0 Å². The van der Waals surface area contributed by atoms with E-state index in [1.165, 1.54) is 36.4 Å². The Labute approximate surface area is 208 Å². The maximum Gasteiger partial charge on any atom is 0.417 e. The number of hydrogen-bond acceptors (Lipinski definition) is 5. The van der Waals surface area contributed by atoms with Gasteiger partial charge in [-0.1, -0.05) is 24.3 Å². The van der Waals surface area contributed by atoms with Crippen molar-refractivity contribution in [3.63, 3.8) is 0 Å². The molecule has 9 heteroatoms. The second-order valence-corrected chi connectivity index (χ2v) is 8.23. The van der Waals surface area contributed by atoms with Crippen LogP contribution in [0.4, 0.5) is 13.2 Å². The van der Waals surface area contributed by atoms with Crippen LogP contribution >= 0.6 is 0 Å². The fraction of sp³-hybridized carbons (Fsp3) is 0.0357. The van der Waals surface area contributed by atoms with Gasteiger partial charge >= 0.3 is 6.18 Å². The van der Waals surface area contributed by atoms with Crippen molar-refractivity contribution in [3.05, 3.63) is 114 Å². The van der Waals surface area contributed by atoms with E-state index in [4.69, 9.17) is 5.73 Å². The molecule has 182 valence electrons. The third kappa shape index (κ3) is 4.79. The van der Waals surface area contributed by atoms with Crippen LogP contribution in [0.15, 0.2) is 91.4 Å². The number of halogens is 3. The van der Waals surface area contributed by atoms with Gasteiger partial charge in [-0.3, -0.25) is 19.6 Å². The molecule has 37 heavy (non-hydrogen) atoms. The van der Waals surface area contributed by atoms with Crippen LogP contribution in [-0.4, -0.2) is 26.6 Å². The van der Waals surface area contributed by atoms with Gasteiger partial charge in [0, 0.05) is 34.6 Å². The van der Waals surface area contributed by atoms with E-state index in [1.54, 1.807) is 42.9 Å². The Kier molecular flexibility index (Phi) is 5.96. The molecule has 0 unspecified atom stereocenters. The number of carbonyl (C=O) groups is 2. The highest BCUT2D eigenvalue weighted by Gasteiger charge is 2.34. The molecule has 0 radical (unpaired) electrons. The van der Waals surface area contributed by atoms with Crippen molar-refractivity contribution in [2.45, 2.75) is 6.18 Å². The fourth-order valence-corrected chi connectivity index (χ4v) is 3.98. The summed E-state index contributed by atoms with van der Waals surface area (Å²) in [6.45, 7) is 0. The zero-order chi connectivity index (χ0) is 26.2. The van der Waals surface area contributed by atoms with Crippen LogP contribution < -0.4 is 5.73 Å². The molecule has 1 amide bonds. The lowest BCUT2D eigenvalue weighted by Crippen LogP contribution is -2.14. The minimum Gasteiger partial charge on any atom is -0.366 e. The van der Waals surface area contributed by atoms with Crippen LogP contribution in [-0.2, 0) is 6.18 Å². The third-order valence-electron chi connectivity index (χ3n) is 5.81. The molecular weight excluding hydrogens is 481 g/mol. The Morgan fingerprint density at radius 1 is 0.757 bits per heavy atom. The van der Waals surface area contributed by atoms with Crippen molar-refractivity contribution in [1.82, 2.24) is 15.0 Å². The van der Waals surface area contributed by atoms with Crippen LogP contribution in [0, 0.1) is 0 Å². The largest absolute Gasteiger partial charge is 0.417 e. The lowest BCUT2D eigenvalue weighted by Gasteiger charge is -2.15. The third-order valence-corrected chi connectivity index (χ3v) is 5.81. The lowest BCUT2D eigenvalue weighted by molar-refractivity contribution is -0.137. The van der Waals surface area contributed by atoms with Crippen LogP contribution in [0.5, 0.6) is 0 Å². The second-order valence-electron chi connectivity index (χ2n) is 8.23. The molecule has 2 aromatic heterocycles. The number of fused-ring (bicyclic) bond motifs is 1. The van der Waals surface area contributed by atoms with Crippen molar-refractivity contribution in [2.75, 3.05) is 0 Å². The van der Waals surface area contributed by atoms with Gasteiger partial charge in [0.25, 0.3) is 0 Å². The summed E-state index contributed by atoms with van der Waals surface area (Å²) >= 11 is 0. The van der Waals surface area contributed by atoms with Crippen molar-refractivity contribution in [1.29, 1.82) is 0 Å². The molecule has 0 bridgehead atoms. The molecule has 0 aliphatic carbocycles. The zero-order valence-corrected chi connectivity index (χ0v) is 19.0. The average Bonchev–Trinajstić information content (AvgIpc) is 2.91. The lowest BCUT2D eigenvalue weighted by atomic mass is 9.94. The molecule has 6 nitrogen and oxygen atoms in total. The number of ketones is 1. The van der Waals surface area contributed by atoms with E-state index in [0.29, 0.717) is 28.4 Å². The van der Waals surface area contributed by atoms with Crippen LogP contribution in [0.3, 0.4) is 0 Å². The number of amides is 1. The summed E-state index contributed by atoms with van der Waals surface area (Å²) in [4.78, 5) is 37.8. The molecule has 0 saturated heterocycles. The summed E-state index contributed by atoms with van der Waals surface area (Å²) < 4.78 is 41.3. The number of nitrogens with two attached hydrogens (primary N) is 1. The molecular formula is C28H17F3N4O2. The standard InChI is InChI=1S/C28H17F3N4O2/c29-28(30,31)22-12-19(27(32)37)6-8-21(22)16-3-1-4-17(11-16)26(36)18-7-9-23-24(13-18)35-25(15-34-23)20-5-2-10-33-14-20/h1-15H,(H2,32,37). The van der Waals surface area contributed by atoms with Gasteiger partial charge in [-0.2, -0.15) is 13.2 Å². The number of alkyl halides is 3. The van der Waals surface area contributed by atoms with Crippen molar-refractivity contribution < 1.29 is 22.8 Å². The summed E-state index contributed by atoms with van der Waals surface area (Å²) in [5.41, 5.74) is 6.83. The topological polar surface area (TPSA) is 98.8 Å². The predicted octanol–water partition coefficient (Wildman–Crippen LogP) is 5.71. The number of aromatic nitrogens is 3. The van der Waals surface area contributed by atoms with Crippen molar-refractivity contribution in [2.24, 2.45) is 5.73 Å². The Hall–Kier alpha value is -4.92. The molecule has 3 aromatic carbocycles. The molecule has 5 rings (SSSR count). The Balaban J connectivity index is 1.53. The quantitative estimate of drug-likeness (QED) is 0.313. The summed E-state index contributed by atoms with van der Waals surface area (Å²) in [5.74, 6) is -1.35. The van der Waals surface area contributed by atoms with E-state index in [-0.39, 0.29) is 28.0 Å². The second kappa shape index (κ2) is 9.27. The first-order valence-electron chi connectivity index (χ1n) is 11.0. The van der Waals surface area contributed by atoms with Gasteiger partial charge in [-0.05, 0) is 59.7 Å². The summed E-state index contributed by atoms with van der Waals surface area (Å²) in [6, 6.07) is 17.5. The van der Waals surface area contributed by atoms with E-state index in [2.05, 4.69) is 15.0 Å². The molecule has 2 N–H and O–H groups in total. The van der Waals surface area contributed by atoms with Crippen molar-refractivity contribution >= 4 is 22.7 Å². The number of hydrogen-bond donors (Lipinski definition) is 1. The molecule has 0 fully saturated rings. The summed E-state index contributed by atoms with van der Waals surface area (Å²) in [6.07, 6.45) is 0.185. The maximum absolute atomic E-state index is 13.8. The Morgan fingerprint density at radius 3 is 2.24 bits per heavy atom. The highest BCUT2D eigenvalue weighted by molar-refractivity contribution is 6.10. The van der Waals surface area contributed by atoms with E-state index in [9.17, 15) is 22.8 Å². The number of rotatable bonds is 5. The fourth-order valence-electron chi connectivity index (χ4n) is 3.98. The monoisotopic (exact) mass is 498 g/mol. The van der Waals surface area contributed by atoms with Crippen LogP contribution in [0.25, 0.3) is 33.4 Å². The van der Waals surface area contributed by atoms with Crippen LogP contribution in [0.2, 0.25) is 0 Å². The Morgan fingerprint density at radius 2 is 1.51 bits per heavy atom. The molecule has 0 spiro atoms. The molecule has 0 saturated carbocycles. The Bertz CT molecular complexity index is 1670. The first-order valence-corrected chi connectivity index (χ1v) is 11.0. The van der Waals surface area contributed by atoms with Crippen LogP contribution in [0.1, 0.15) is 31.8 Å². The number of carbonyl (C=O) groups excluding carboxylic acids is 2. The molecule has 0 aliphatic heterocycles. The van der Waals surface area contributed by atoms with Gasteiger partial charge < -0.3 is 5.73 Å². The minimum absolute atomic E-state index is 0.169. The van der Waals surface area contributed by atoms with Crippen molar-refractivity contribution in [3.8, 4) is 22.4 Å². The molecule has 0 aliphatic rings. The van der Waals surface area contributed by atoms with Gasteiger partial charge in [0.2, 0.25) is 5.91 Å². The highest BCUT2D eigenvalue weighted by Crippen LogP contribution is 2.38. The highest BCUT2D eigenvalue weighted by atomic mass is 19.4. The molecule has 0 atom stereocenters. The van der Waals surface area contributed by atoms with Gasteiger partial charge in [0.05, 0.1) is 28.5 Å². The van der Waals surface area contributed by atoms with E-state index in [1.807, 2.05) is 6.07 Å². The van der Waals surface area contributed by atoms with E-state index >= 15 is 0 Å². The van der Waals surface area contributed by atoms with E-state index in [0.717, 1.165) is 5.56 Å². The van der Waals surface area contributed by atoms with Gasteiger partial charge in [-0.25, -0.2) is 4.98 Å². The predicted molar refractivity (Wildman–Crippen MR) is 132 cm³/mol. The van der Waals surface area contributed by atoms with E-state index < -0.39 is 17.6 Å². The minimum atomic E-state index is -4.73. The number of nitrogens with zero attached hydrogens (tertiary/aromatic N) is 3. The zero-order valence-electron chi connectivity index (χ0n) is 19.0. The summed E-state index contributed by atoms with van der Waals surface area (Å²) in [5, 5.41) is 0. The SMILES string of the molecule is NC(=O)c1ccc(-c2cccc(C(=O)c3ccc4ncc(-c5cccnc5)nc4c3)c2)c(C(F)(F)F)c1. The number of primary amides is 1. The number of pyridine rings is 1. The van der Waals surface area contributed by atoms with Gasteiger partial charge in [0.1, 0.15) is 0 Å². The maximum atomic E-state index is 13.8. The van der Waals surface area contributed by atoms with Gasteiger partial charge in [0.15, 0.2) is 5.78 Å². The normalized spacial score (nSPS) is 11.4. The average molecular weight is 498 g/mol. The first kappa shape index (κ1) is 23.8. The summed E-state index contributed by atoms with van der Waals surface area (Å²) in [7, 11) is 0. The molecule has 5 aromatic rings.